The summed E-state index contributed by atoms with van der Waals surface area (Å²) < 4.78 is 0. The number of H-pyrrole nitrogens is 1. The van der Waals surface area contributed by atoms with Crippen LogP contribution >= 0.6 is 0 Å². The molecule has 0 spiro atoms. The van der Waals surface area contributed by atoms with Crippen molar-refractivity contribution in [2.24, 2.45) is 5.92 Å². The Hall–Kier alpha value is -2.62. The van der Waals surface area contributed by atoms with Crippen molar-refractivity contribution in [1.29, 1.82) is 0 Å². The van der Waals surface area contributed by atoms with Gasteiger partial charge in [-0.2, -0.15) is 0 Å². The molecule has 0 aliphatic rings. The molecule has 2 aromatic carbocycles. The lowest BCUT2D eigenvalue weighted by Crippen LogP contribution is -2.26. The second-order valence-electron chi connectivity index (χ2n) is 5.87. The molecular formula is C19H21N3O. The number of benzene rings is 2. The summed E-state index contributed by atoms with van der Waals surface area (Å²) in [7, 11) is 0. The van der Waals surface area contributed by atoms with Crippen LogP contribution in [0.4, 0.5) is 5.95 Å². The van der Waals surface area contributed by atoms with Gasteiger partial charge < -0.3 is 4.98 Å². The molecule has 4 nitrogen and oxygen atoms in total. The number of nitrogens with zero attached hydrogens (tertiary/aromatic N) is 1. The predicted octanol–water partition coefficient (Wildman–Crippen LogP) is 4.33. The van der Waals surface area contributed by atoms with Crippen LogP contribution in [0, 0.1) is 5.92 Å². The second kappa shape index (κ2) is 6.65. The summed E-state index contributed by atoms with van der Waals surface area (Å²) in [5.74, 6) is 0.543. The van der Waals surface area contributed by atoms with E-state index in [1.165, 1.54) is 0 Å². The van der Waals surface area contributed by atoms with Crippen LogP contribution in [0.3, 0.4) is 0 Å². The van der Waals surface area contributed by atoms with Gasteiger partial charge >= 0.3 is 0 Å². The number of rotatable bonds is 5. The SMILES string of the molecule is CCC(C)C(C(=O)Nc1nc2ccccc2[nH]1)c1ccccc1. The number of hydrogen-bond acceptors (Lipinski definition) is 2. The van der Waals surface area contributed by atoms with Crippen molar-refractivity contribution in [3.05, 3.63) is 60.2 Å². The van der Waals surface area contributed by atoms with E-state index < -0.39 is 0 Å². The summed E-state index contributed by atoms with van der Waals surface area (Å²) >= 11 is 0. The van der Waals surface area contributed by atoms with Crippen LogP contribution in [-0.4, -0.2) is 15.9 Å². The molecule has 1 amide bonds. The maximum Gasteiger partial charge on any atom is 0.234 e. The maximum atomic E-state index is 12.8. The molecule has 23 heavy (non-hydrogen) atoms. The average molecular weight is 307 g/mol. The minimum absolute atomic E-state index is 0.0235. The lowest BCUT2D eigenvalue weighted by molar-refractivity contribution is -0.118. The maximum absolute atomic E-state index is 12.8. The Balaban J connectivity index is 1.86. The van der Waals surface area contributed by atoms with Gasteiger partial charge in [-0.1, -0.05) is 62.7 Å². The molecule has 1 heterocycles. The van der Waals surface area contributed by atoms with Crippen LogP contribution in [0.15, 0.2) is 54.6 Å². The predicted molar refractivity (Wildman–Crippen MR) is 93.4 cm³/mol. The molecule has 0 aliphatic heterocycles. The fourth-order valence-electron chi connectivity index (χ4n) is 2.84. The van der Waals surface area contributed by atoms with Crippen molar-refractivity contribution >= 4 is 22.9 Å². The molecule has 2 unspecified atom stereocenters. The molecule has 2 atom stereocenters. The quantitative estimate of drug-likeness (QED) is 0.737. The largest absolute Gasteiger partial charge is 0.324 e. The Morgan fingerprint density at radius 2 is 1.83 bits per heavy atom. The Morgan fingerprint density at radius 1 is 1.13 bits per heavy atom. The zero-order valence-electron chi connectivity index (χ0n) is 13.4. The molecule has 0 radical (unpaired) electrons. The lowest BCUT2D eigenvalue weighted by atomic mass is 9.85. The highest BCUT2D eigenvalue weighted by Gasteiger charge is 2.26. The van der Waals surface area contributed by atoms with Crippen LogP contribution in [0.2, 0.25) is 0 Å². The third-order valence-corrected chi connectivity index (χ3v) is 4.29. The number of carbonyl (C=O) groups is 1. The summed E-state index contributed by atoms with van der Waals surface area (Å²) in [5, 5.41) is 2.94. The van der Waals surface area contributed by atoms with Crippen molar-refractivity contribution in [2.45, 2.75) is 26.2 Å². The van der Waals surface area contributed by atoms with Gasteiger partial charge in [-0.3, -0.25) is 10.1 Å². The fraction of sp³-hybridized carbons (Fsp3) is 0.263. The summed E-state index contributed by atoms with van der Waals surface area (Å²) in [5.41, 5.74) is 2.81. The Labute approximate surface area is 136 Å². The lowest BCUT2D eigenvalue weighted by Gasteiger charge is -2.22. The van der Waals surface area contributed by atoms with Crippen LogP contribution in [-0.2, 0) is 4.79 Å². The van der Waals surface area contributed by atoms with Gasteiger partial charge in [0.05, 0.1) is 17.0 Å². The van der Waals surface area contributed by atoms with Crippen molar-refractivity contribution in [3.63, 3.8) is 0 Å². The number of anilines is 1. The Morgan fingerprint density at radius 3 is 2.52 bits per heavy atom. The zero-order chi connectivity index (χ0) is 16.2. The number of amides is 1. The van der Waals surface area contributed by atoms with E-state index >= 15 is 0 Å². The van der Waals surface area contributed by atoms with Crippen molar-refractivity contribution in [3.8, 4) is 0 Å². The van der Waals surface area contributed by atoms with E-state index in [-0.39, 0.29) is 17.7 Å². The van der Waals surface area contributed by atoms with Gasteiger partial charge in [0.15, 0.2) is 0 Å². The minimum atomic E-state index is -0.186. The Kier molecular flexibility index (Phi) is 4.42. The molecular weight excluding hydrogens is 286 g/mol. The van der Waals surface area contributed by atoms with Crippen molar-refractivity contribution in [2.75, 3.05) is 5.32 Å². The van der Waals surface area contributed by atoms with E-state index in [4.69, 9.17) is 0 Å². The first-order valence-electron chi connectivity index (χ1n) is 7.99. The van der Waals surface area contributed by atoms with Gasteiger partial charge in [0.25, 0.3) is 0 Å². The van der Waals surface area contributed by atoms with E-state index in [2.05, 4.69) is 29.1 Å². The third kappa shape index (κ3) is 3.26. The number of nitrogens with one attached hydrogen (secondary N) is 2. The van der Waals surface area contributed by atoms with Crippen LogP contribution in [0.1, 0.15) is 31.7 Å². The summed E-state index contributed by atoms with van der Waals surface area (Å²) in [4.78, 5) is 20.4. The third-order valence-electron chi connectivity index (χ3n) is 4.29. The van der Waals surface area contributed by atoms with E-state index in [9.17, 15) is 4.79 Å². The first-order valence-corrected chi connectivity index (χ1v) is 7.99. The summed E-state index contributed by atoms with van der Waals surface area (Å²) in [6.45, 7) is 4.21. The molecule has 0 fully saturated rings. The molecule has 2 N–H and O–H groups in total. The van der Waals surface area contributed by atoms with Crippen LogP contribution < -0.4 is 5.32 Å². The van der Waals surface area contributed by atoms with E-state index in [1.807, 2.05) is 54.6 Å². The number of para-hydroxylation sites is 2. The topological polar surface area (TPSA) is 57.8 Å². The smallest absolute Gasteiger partial charge is 0.234 e. The Bertz CT molecular complexity index is 761. The number of carbonyl (C=O) groups excluding carboxylic acids is 1. The van der Waals surface area contributed by atoms with Gasteiger partial charge in [-0.15, -0.1) is 0 Å². The second-order valence-corrected chi connectivity index (χ2v) is 5.87. The van der Waals surface area contributed by atoms with Crippen molar-refractivity contribution in [1.82, 2.24) is 9.97 Å². The van der Waals surface area contributed by atoms with Gasteiger partial charge in [0.1, 0.15) is 0 Å². The molecule has 3 rings (SSSR count). The molecule has 4 heteroatoms. The monoisotopic (exact) mass is 307 g/mol. The first-order chi connectivity index (χ1) is 11.2. The van der Waals surface area contributed by atoms with E-state index in [0.717, 1.165) is 23.0 Å². The highest BCUT2D eigenvalue weighted by atomic mass is 16.2. The minimum Gasteiger partial charge on any atom is -0.324 e. The number of hydrogen-bond donors (Lipinski definition) is 2. The van der Waals surface area contributed by atoms with Crippen molar-refractivity contribution < 1.29 is 4.79 Å². The normalized spacial score (nSPS) is 13.7. The molecule has 0 bridgehead atoms. The number of aromatic nitrogens is 2. The zero-order valence-corrected chi connectivity index (χ0v) is 13.4. The summed E-state index contributed by atoms with van der Waals surface area (Å²) in [6, 6.07) is 17.7. The molecule has 0 saturated carbocycles. The van der Waals surface area contributed by atoms with Gasteiger partial charge in [0, 0.05) is 0 Å². The fourth-order valence-corrected chi connectivity index (χ4v) is 2.84. The van der Waals surface area contributed by atoms with Gasteiger partial charge in [-0.25, -0.2) is 4.98 Å². The highest BCUT2D eigenvalue weighted by Crippen LogP contribution is 2.28. The number of aromatic amines is 1. The van der Waals surface area contributed by atoms with Gasteiger partial charge in [0.2, 0.25) is 11.9 Å². The number of imidazole rings is 1. The molecule has 1 aromatic heterocycles. The molecule has 3 aromatic rings. The highest BCUT2D eigenvalue weighted by molar-refractivity contribution is 5.96. The average Bonchev–Trinajstić information content (AvgIpc) is 2.98. The molecule has 0 aliphatic carbocycles. The van der Waals surface area contributed by atoms with Crippen LogP contribution in [0.25, 0.3) is 11.0 Å². The molecule has 118 valence electrons. The van der Waals surface area contributed by atoms with E-state index in [0.29, 0.717) is 5.95 Å². The summed E-state index contributed by atoms with van der Waals surface area (Å²) in [6.07, 6.45) is 0.938. The van der Waals surface area contributed by atoms with Gasteiger partial charge in [-0.05, 0) is 23.6 Å². The van der Waals surface area contributed by atoms with Crippen LogP contribution in [0.5, 0.6) is 0 Å². The number of fused-ring (bicyclic) bond motifs is 1. The first kappa shape index (κ1) is 15.3. The molecule has 0 saturated heterocycles. The van der Waals surface area contributed by atoms with E-state index in [1.54, 1.807) is 0 Å². The standard InChI is InChI=1S/C19H21N3O/c1-3-13(2)17(14-9-5-4-6-10-14)18(23)22-19-20-15-11-7-8-12-16(15)21-19/h4-13,17H,3H2,1-2H3,(H2,20,21,22,23).